The second kappa shape index (κ2) is 10.3. The van der Waals surface area contributed by atoms with Gasteiger partial charge in [0.25, 0.3) is 0 Å². The first-order valence-electron chi connectivity index (χ1n) is 10.2. The standard InChI is InChI=1S/C20H30N4O4/c25-18(22-20(27)21-14-17-6-5-13-28-17)15-23-11-7-16(8-12-23)19(26)24-9-3-1-2-4-10-24/h5-6,13,16H,1-4,7-12,14-15H2,(H2,21,22,25,27). The van der Waals surface area contributed by atoms with Crippen molar-refractivity contribution in [2.75, 3.05) is 32.7 Å². The number of piperidine rings is 1. The molecule has 0 bridgehead atoms. The first-order chi connectivity index (χ1) is 13.6. The number of furan rings is 1. The van der Waals surface area contributed by atoms with Crippen molar-refractivity contribution in [2.45, 2.75) is 45.1 Å². The van der Waals surface area contributed by atoms with Gasteiger partial charge in [-0.05, 0) is 50.9 Å². The summed E-state index contributed by atoms with van der Waals surface area (Å²) < 4.78 is 5.12. The molecule has 3 rings (SSSR count). The van der Waals surface area contributed by atoms with Crippen LogP contribution in [-0.4, -0.2) is 60.4 Å². The molecule has 4 amide bonds. The third kappa shape index (κ3) is 6.09. The fourth-order valence-corrected chi connectivity index (χ4v) is 3.88. The Morgan fingerprint density at radius 3 is 2.39 bits per heavy atom. The Kier molecular flexibility index (Phi) is 7.47. The van der Waals surface area contributed by atoms with Gasteiger partial charge in [-0.2, -0.15) is 0 Å². The van der Waals surface area contributed by atoms with E-state index in [-0.39, 0.29) is 30.8 Å². The smallest absolute Gasteiger partial charge is 0.321 e. The van der Waals surface area contributed by atoms with E-state index in [9.17, 15) is 14.4 Å². The maximum Gasteiger partial charge on any atom is 0.321 e. The Labute approximate surface area is 165 Å². The van der Waals surface area contributed by atoms with Gasteiger partial charge in [0.2, 0.25) is 11.8 Å². The van der Waals surface area contributed by atoms with E-state index in [4.69, 9.17) is 4.42 Å². The van der Waals surface area contributed by atoms with E-state index in [0.29, 0.717) is 18.8 Å². The van der Waals surface area contributed by atoms with Crippen molar-refractivity contribution in [1.29, 1.82) is 0 Å². The maximum absolute atomic E-state index is 12.7. The van der Waals surface area contributed by atoms with Crippen molar-refractivity contribution in [1.82, 2.24) is 20.4 Å². The summed E-state index contributed by atoms with van der Waals surface area (Å²) in [4.78, 5) is 40.6. The lowest BCUT2D eigenvalue weighted by Crippen LogP contribution is -2.47. The maximum atomic E-state index is 12.7. The van der Waals surface area contributed by atoms with Crippen LogP contribution in [0, 0.1) is 5.92 Å². The van der Waals surface area contributed by atoms with Crippen LogP contribution < -0.4 is 10.6 Å². The molecular formula is C20H30N4O4. The Morgan fingerprint density at radius 1 is 1.04 bits per heavy atom. The molecule has 154 valence electrons. The second-order valence-corrected chi connectivity index (χ2v) is 7.60. The van der Waals surface area contributed by atoms with Gasteiger partial charge in [0, 0.05) is 19.0 Å². The quantitative estimate of drug-likeness (QED) is 0.798. The molecule has 0 aromatic carbocycles. The third-order valence-corrected chi connectivity index (χ3v) is 5.48. The van der Waals surface area contributed by atoms with Gasteiger partial charge in [-0.3, -0.25) is 19.8 Å². The molecule has 2 aliphatic rings. The van der Waals surface area contributed by atoms with Gasteiger partial charge in [0.1, 0.15) is 5.76 Å². The number of carbonyl (C=O) groups is 3. The van der Waals surface area contributed by atoms with E-state index in [2.05, 4.69) is 10.6 Å². The zero-order valence-electron chi connectivity index (χ0n) is 16.3. The number of nitrogens with zero attached hydrogens (tertiary/aromatic N) is 2. The predicted octanol–water partition coefficient (Wildman–Crippen LogP) is 1.72. The topological polar surface area (TPSA) is 94.9 Å². The molecule has 1 aromatic heterocycles. The molecule has 28 heavy (non-hydrogen) atoms. The van der Waals surface area contributed by atoms with E-state index in [1.54, 1.807) is 12.1 Å². The van der Waals surface area contributed by atoms with Crippen LogP contribution in [0.15, 0.2) is 22.8 Å². The van der Waals surface area contributed by atoms with E-state index in [0.717, 1.165) is 38.8 Å². The van der Waals surface area contributed by atoms with Gasteiger partial charge in [0.05, 0.1) is 19.4 Å². The lowest BCUT2D eigenvalue weighted by atomic mass is 9.95. The largest absolute Gasteiger partial charge is 0.467 e. The van der Waals surface area contributed by atoms with Crippen LogP contribution in [0.5, 0.6) is 0 Å². The molecule has 0 aliphatic carbocycles. The molecule has 0 saturated carbocycles. The van der Waals surface area contributed by atoms with Crippen LogP contribution >= 0.6 is 0 Å². The molecule has 2 aliphatic heterocycles. The molecule has 2 saturated heterocycles. The number of likely N-dealkylation sites (tertiary alicyclic amines) is 2. The fraction of sp³-hybridized carbons (Fsp3) is 0.650. The molecule has 8 heteroatoms. The van der Waals surface area contributed by atoms with E-state index in [1.807, 2.05) is 9.80 Å². The molecule has 3 heterocycles. The minimum atomic E-state index is -0.535. The van der Waals surface area contributed by atoms with Crippen LogP contribution in [0.25, 0.3) is 0 Å². The number of nitrogens with one attached hydrogen (secondary N) is 2. The van der Waals surface area contributed by atoms with E-state index < -0.39 is 6.03 Å². The Balaban J connectivity index is 1.34. The summed E-state index contributed by atoms with van der Waals surface area (Å²) in [5.41, 5.74) is 0. The zero-order valence-corrected chi connectivity index (χ0v) is 16.3. The Bertz CT molecular complexity index is 645. The average molecular weight is 390 g/mol. The van der Waals surface area contributed by atoms with Crippen molar-refractivity contribution >= 4 is 17.8 Å². The molecular weight excluding hydrogens is 360 g/mol. The van der Waals surface area contributed by atoms with Gasteiger partial charge in [0.15, 0.2) is 0 Å². The summed E-state index contributed by atoms with van der Waals surface area (Å²) in [7, 11) is 0. The number of carbonyl (C=O) groups excluding carboxylic acids is 3. The second-order valence-electron chi connectivity index (χ2n) is 7.60. The molecule has 0 atom stereocenters. The highest BCUT2D eigenvalue weighted by atomic mass is 16.3. The zero-order chi connectivity index (χ0) is 19.8. The summed E-state index contributed by atoms with van der Waals surface area (Å²) in [5.74, 6) is 0.630. The van der Waals surface area contributed by atoms with Gasteiger partial charge >= 0.3 is 6.03 Å². The monoisotopic (exact) mass is 390 g/mol. The molecule has 8 nitrogen and oxygen atoms in total. The normalized spacial score (nSPS) is 19.1. The number of rotatable bonds is 5. The predicted molar refractivity (Wildman–Crippen MR) is 103 cm³/mol. The first-order valence-corrected chi connectivity index (χ1v) is 10.2. The number of imide groups is 1. The highest BCUT2D eigenvalue weighted by molar-refractivity contribution is 5.95. The lowest BCUT2D eigenvalue weighted by molar-refractivity contribution is -0.137. The van der Waals surface area contributed by atoms with Gasteiger partial charge in [-0.25, -0.2) is 4.79 Å². The minimum absolute atomic E-state index is 0.0639. The van der Waals surface area contributed by atoms with Crippen molar-refractivity contribution in [3.05, 3.63) is 24.2 Å². The van der Waals surface area contributed by atoms with Crippen molar-refractivity contribution in [2.24, 2.45) is 5.92 Å². The van der Waals surface area contributed by atoms with Crippen molar-refractivity contribution in [3.8, 4) is 0 Å². The Hall–Kier alpha value is -2.35. The number of urea groups is 1. The summed E-state index contributed by atoms with van der Waals surface area (Å²) >= 11 is 0. The average Bonchev–Trinajstić information content (AvgIpc) is 3.07. The van der Waals surface area contributed by atoms with Crippen LogP contribution in [0.1, 0.15) is 44.3 Å². The fourth-order valence-electron chi connectivity index (χ4n) is 3.88. The van der Waals surface area contributed by atoms with Crippen LogP contribution in [0.3, 0.4) is 0 Å². The molecule has 0 unspecified atom stereocenters. The molecule has 2 fully saturated rings. The third-order valence-electron chi connectivity index (χ3n) is 5.48. The summed E-state index contributed by atoms with van der Waals surface area (Å²) in [6.07, 6.45) is 7.71. The van der Waals surface area contributed by atoms with Gasteiger partial charge in [-0.1, -0.05) is 12.8 Å². The molecule has 2 N–H and O–H groups in total. The summed E-state index contributed by atoms with van der Waals surface area (Å²) in [5, 5.41) is 4.92. The number of hydrogen-bond acceptors (Lipinski definition) is 5. The molecule has 0 spiro atoms. The van der Waals surface area contributed by atoms with Crippen LogP contribution in [0.4, 0.5) is 4.79 Å². The Morgan fingerprint density at radius 2 is 1.75 bits per heavy atom. The lowest BCUT2D eigenvalue weighted by Gasteiger charge is -2.33. The highest BCUT2D eigenvalue weighted by Gasteiger charge is 2.29. The van der Waals surface area contributed by atoms with E-state index in [1.165, 1.54) is 19.1 Å². The van der Waals surface area contributed by atoms with E-state index >= 15 is 0 Å². The highest BCUT2D eigenvalue weighted by Crippen LogP contribution is 2.21. The van der Waals surface area contributed by atoms with Crippen molar-refractivity contribution in [3.63, 3.8) is 0 Å². The van der Waals surface area contributed by atoms with Crippen LogP contribution in [-0.2, 0) is 16.1 Å². The minimum Gasteiger partial charge on any atom is -0.467 e. The summed E-state index contributed by atoms with van der Waals surface area (Å²) in [6, 6.07) is 2.95. The molecule has 0 radical (unpaired) electrons. The number of hydrogen-bond donors (Lipinski definition) is 2. The van der Waals surface area contributed by atoms with Gasteiger partial charge < -0.3 is 14.6 Å². The van der Waals surface area contributed by atoms with Gasteiger partial charge in [-0.15, -0.1) is 0 Å². The first kappa shape index (κ1) is 20.4. The molecule has 1 aromatic rings. The SMILES string of the molecule is O=C(CN1CCC(C(=O)N2CCCCCC2)CC1)NC(=O)NCc1ccco1. The van der Waals surface area contributed by atoms with Crippen LogP contribution in [0.2, 0.25) is 0 Å². The van der Waals surface area contributed by atoms with Crippen molar-refractivity contribution < 1.29 is 18.8 Å². The summed E-state index contributed by atoms with van der Waals surface area (Å²) in [6.45, 7) is 3.56. The number of amides is 4.